The molecule has 0 amide bonds. The van der Waals surface area contributed by atoms with Gasteiger partial charge in [-0.2, -0.15) is 5.26 Å². The Morgan fingerprint density at radius 3 is 2.38 bits per heavy atom. The SMILES string of the molecule is COc1cc(OC)cc(-c2nnc(S/C(=C\c3ccc(OCc4ccccc4C#N)cc3)C(=O)O)o2)c1. The maximum Gasteiger partial charge on any atom is 0.342 e. The molecule has 10 heteroatoms. The zero-order valence-corrected chi connectivity index (χ0v) is 20.7. The van der Waals surface area contributed by atoms with Crippen molar-refractivity contribution in [1.82, 2.24) is 10.2 Å². The Bertz CT molecular complexity index is 1450. The number of carboxylic acids is 1. The van der Waals surface area contributed by atoms with E-state index in [9.17, 15) is 15.2 Å². The Kier molecular flexibility index (Phi) is 8.08. The lowest BCUT2D eigenvalue weighted by Crippen LogP contribution is -1.98. The van der Waals surface area contributed by atoms with E-state index in [1.165, 1.54) is 20.3 Å². The molecule has 4 rings (SSSR count). The quantitative estimate of drug-likeness (QED) is 0.216. The molecule has 186 valence electrons. The molecule has 0 spiro atoms. The number of benzene rings is 3. The number of methoxy groups -OCH3 is 2. The van der Waals surface area contributed by atoms with Gasteiger partial charge in [0.15, 0.2) is 0 Å². The fourth-order valence-corrected chi connectivity index (χ4v) is 3.93. The molecule has 0 radical (unpaired) electrons. The molecule has 0 saturated carbocycles. The third-order valence-corrected chi connectivity index (χ3v) is 5.97. The molecule has 1 aromatic heterocycles. The zero-order chi connectivity index (χ0) is 26.2. The van der Waals surface area contributed by atoms with Crippen molar-refractivity contribution in [3.8, 4) is 34.8 Å². The lowest BCUT2D eigenvalue weighted by Gasteiger charge is -2.08. The first kappa shape index (κ1) is 25.3. The van der Waals surface area contributed by atoms with Gasteiger partial charge in [0.25, 0.3) is 5.22 Å². The second-order valence-electron chi connectivity index (χ2n) is 7.52. The lowest BCUT2D eigenvalue weighted by molar-refractivity contribution is -0.131. The summed E-state index contributed by atoms with van der Waals surface area (Å²) in [7, 11) is 3.06. The minimum absolute atomic E-state index is 0.00459. The van der Waals surface area contributed by atoms with E-state index >= 15 is 0 Å². The van der Waals surface area contributed by atoms with Gasteiger partial charge >= 0.3 is 5.97 Å². The first-order valence-corrected chi connectivity index (χ1v) is 11.7. The largest absolute Gasteiger partial charge is 0.497 e. The summed E-state index contributed by atoms with van der Waals surface area (Å²) in [5, 5.41) is 27.0. The molecular weight excluding hydrogens is 494 g/mol. The van der Waals surface area contributed by atoms with Crippen molar-refractivity contribution in [2.75, 3.05) is 14.2 Å². The van der Waals surface area contributed by atoms with Crippen LogP contribution in [0.25, 0.3) is 17.5 Å². The number of thioether (sulfide) groups is 1. The Labute approximate surface area is 216 Å². The van der Waals surface area contributed by atoms with Crippen LogP contribution in [0.15, 0.2) is 81.3 Å². The maximum atomic E-state index is 11.9. The third-order valence-electron chi connectivity index (χ3n) is 5.12. The van der Waals surface area contributed by atoms with Gasteiger partial charge in [0.1, 0.15) is 28.8 Å². The molecule has 0 saturated heterocycles. The zero-order valence-electron chi connectivity index (χ0n) is 19.9. The normalized spacial score (nSPS) is 11.0. The second kappa shape index (κ2) is 11.8. The van der Waals surface area contributed by atoms with Gasteiger partial charge < -0.3 is 23.7 Å². The van der Waals surface area contributed by atoms with Crippen molar-refractivity contribution in [3.63, 3.8) is 0 Å². The van der Waals surface area contributed by atoms with E-state index in [1.807, 2.05) is 12.1 Å². The molecule has 0 bridgehead atoms. The van der Waals surface area contributed by atoms with Gasteiger partial charge in [0.05, 0.1) is 25.9 Å². The predicted molar refractivity (Wildman–Crippen MR) is 136 cm³/mol. The highest BCUT2D eigenvalue weighted by Gasteiger charge is 2.17. The fraction of sp³-hybridized carbons (Fsp3) is 0.111. The molecule has 4 aromatic rings. The molecular formula is C27H21N3O6S. The number of carbonyl (C=O) groups is 1. The second-order valence-corrected chi connectivity index (χ2v) is 8.51. The highest BCUT2D eigenvalue weighted by molar-refractivity contribution is 8.03. The van der Waals surface area contributed by atoms with Crippen LogP contribution >= 0.6 is 11.8 Å². The summed E-state index contributed by atoms with van der Waals surface area (Å²) in [4.78, 5) is 11.9. The molecule has 0 aliphatic heterocycles. The highest BCUT2D eigenvalue weighted by atomic mass is 32.2. The van der Waals surface area contributed by atoms with Crippen molar-refractivity contribution in [2.45, 2.75) is 11.8 Å². The highest BCUT2D eigenvalue weighted by Crippen LogP contribution is 2.33. The molecule has 0 aliphatic carbocycles. The van der Waals surface area contributed by atoms with Crippen LogP contribution in [0.5, 0.6) is 17.2 Å². The van der Waals surface area contributed by atoms with Crippen LogP contribution < -0.4 is 14.2 Å². The van der Waals surface area contributed by atoms with E-state index in [2.05, 4.69) is 16.3 Å². The van der Waals surface area contributed by atoms with Gasteiger partial charge in [-0.05, 0) is 53.7 Å². The van der Waals surface area contributed by atoms with E-state index in [-0.39, 0.29) is 22.6 Å². The molecule has 0 atom stereocenters. The summed E-state index contributed by atoms with van der Waals surface area (Å²) >= 11 is 0.840. The van der Waals surface area contributed by atoms with Gasteiger partial charge in [0.2, 0.25) is 5.89 Å². The Balaban J connectivity index is 1.47. The van der Waals surface area contributed by atoms with Crippen LogP contribution in [0.4, 0.5) is 0 Å². The smallest absolute Gasteiger partial charge is 0.342 e. The molecule has 37 heavy (non-hydrogen) atoms. The van der Waals surface area contributed by atoms with Gasteiger partial charge in [-0.1, -0.05) is 30.3 Å². The number of ether oxygens (including phenoxy) is 3. The number of nitriles is 1. The fourth-order valence-electron chi connectivity index (χ4n) is 3.26. The van der Waals surface area contributed by atoms with Crippen molar-refractivity contribution in [2.24, 2.45) is 0 Å². The van der Waals surface area contributed by atoms with Gasteiger partial charge in [-0.15, -0.1) is 10.2 Å². The van der Waals surface area contributed by atoms with Crippen LogP contribution in [0.2, 0.25) is 0 Å². The van der Waals surface area contributed by atoms with Crippen molar-refractivity contribution < 1.29 is 28.5 Å². The minimum atomic E-state index is -1.14. The van der Waals surface area contributed by atoms with Crippen LogP contribution in [0, 0.1) is 11.3 Å². The first-order valence-electron chi connectivity index (χ1n) is 10.9. The molecule has 0 unspecified atom stereocenters. The van der Waals surface area contributed by atoms with Crippen molar-refractivity contribution in [1.29, 1.82) is 5.26 Å². The predicted octanol–water partition coefficient (Wildman–Crippen LogP) is 5.42. The topological polar surface area (TPSA) is 128 Å². The van der Waals surface area contributed by atoms with Crippen molar-refractivity contribution in [3.05, 3.63) is 88.3 Å². The number of carboxylic acid groups (broad SMARTS) is 1. The van der Waals surface area contributed by atoms with Crippen LogP contribution in [-0.4, -0.2) is 35.5 Å². The lowest BCUT2D eigenvalue weighted by atomic mass is 10.1. The molecule has 9 nitrogen and oxygen atoms in total. The summed E-state index contributed by atoms with van der Waals surface area (Å²) in [6, 6.07) is 21.4. The van der Waals surface area contributed by atoms with Crippen molar-refractivity contribution >= 4 is 23.8 Å². The summed E-state index contributed by atoms with van der Waals surface area (Å²) in [6.07, 6.45) is 1.50. The number of rotatable bonds is 10. The van der Waals surface area contributed by atoms with Gasteiger partial charge in [0, 0.05) is 17.2 Å². The molecule has 1 heterocycles. The van der Waals surface area contributed by atoms with E-state index in [0.717, 1.165) is 17.3 Å². The Morgan fingerprint density at radius 1 is 1.03 bits per heavy atom. The molecule has 1 N–H and O–H groups in total. The number of nitrogens with zero attached hydrogens (tertiary/aromatic N) is 3. The summed E-state index contributed by atoms with van der Waals surface area (Å²) < 4.78 is 22.0. The number of aliphatic carboxylic acids is 1. The molecule has 0 fully saturated rings. The average molecular weight is 516 g/mol. The molecule has 0 aliphatic rings. The van der Waals surface area contributed by atoms with E-state index in [1.54, 1.807) is 54.6 Å². The Morgan fingerprint density at radius 2 is 1.73 bits per heavy atom. The number of hydrogen-bond donors (Lipinski definition) is 1. The first-order chi connectivity index (χ1) is 18.0. The van der Waals surface area contributed by atoms with Gasteiger partial charge in [-0.3, -0.25) is 0 Å². The van der Waals surface area contributed by atoms with E-state index < -0.39 is 5.97 Å². The maximum absolute atomic E-state index is 11.9. The summed E-state index contributed by atoms with van der Waals surface area (Å²) in [5.41, 5.74) is 2.56. The van der Waals surface area contributed by atoms with Crippen LogP contribution in [-0.2, 0) is 11.4 Å². The Hall–Kier alpha value is -4.75. The van der Waals surface area contributed by atoms with Crippen LogP contribution in [0.1, 0.15) is 16.7 Å². The van der Waals surface area contributed by atoms with Gasteiger partial charge in [-0.25, -0.2) is 4.79 Å². The summed E-state index contributed by atoms with van der Waals surface area (Å²) in [6.45, 7) is 0.244. The number of hydrogen-bond acceptors (Lipinski definition) is 9. The molecule has 3 aromatic carbocycles. The minimum Gasteiger partial charge on any atom is -0.497 e. The standard InChI is InChI=1S/C27H21N3O6S/c1-33-22-12-20(13-23(14-22)34-2)25-29-30-27(36-25)37-24(26(31)32)11-17-7-9-21(10-8-17)35-16-19-6-4-3-5-18(19)15-28/h3-14H,16H2,1-2H3,(H,31,32)/b24-11-. The summed E-state index contributed by atoms with van der Waals surface area (Å²) in [5.74, 6) is 0.749. The van der Waals surface area contributed by atoms with E-state index in [0.29, 0.717) is 33.9 Å². The monoisotopic (exact) mass is 515 g/mol. The van der Waals surface area contributed by atoms with Crippen LogP contribution in [0.3, 0.4) is 0 Å². The van der Waals surface area contributed by atoms with E-state index in [4.69, 9.17) is 18.6 Å². The average Bonchev–Trinajstić information content (AvgIpc) is 3.40. The third kappa shape index (κ3) is 6.48. The number of aromatic nitrogens is 2.